The van der Waals surface area contributed by atoms with Crippen LogP contribution in [0.2, 0.25) is 0 Å². The van der Waals surface area contributed by atoms with E-state index in [4.69, 9.17) is 0 Å². The van der Waals surface area contributed by atoms with Gasteiger partial charge >= 0.3 is 0 Å². The maximum Gasteiger partial charge on any atom is 0.151 e. The van der Waals surface area contributed by atoms with Crippen LogP contribution in [0.4, 0.5) is 0 Å². The summed E-state index contributed by atoms with van der Waals surface area (Å²) in [6, 6.07) is 8.36. The summed E-state index contributed by atoms with van der Waals surface area (Å²) in [5, 5.41) is 0. The van der Waals surface area contributed by atoms with Gasteiger partial charge in [-0.3, -0.25) is 14.4 Å². The van der Waals surface area contributed by atoms with Crippen LogP contribution in [0.5, 0.6) is 0 Å². The van der Waals surface area contributed by atoms with Gasteiger partial charge in [0, 0.05) is 29.9 Å². The molecule has 0 spiro atoms. The number of rotatable bonds is 6. The van der Waals surface area contributed by atoms with E-state index in [1.54, 1.807) is 18.7 Å². The fourth-order valence-electron chi connectivity index (χ4n) is 2.97. The lowest BCUT2D eigenvalue weighted by atomic mass is 9.73. The number of ketones is 3. The number of hydrogen-bond donors (Lipinski definition) is 0. The fourth-order valence-corrected chi connectivity index (χ4v) is 4.02. The molecule has 4 heteroatoms. The second kappa shape index (κ2) is 7.91. The van der Waals surface area contributed by atoms with Gasteiger partial charge < -0.3 is 0 Å². The lowest BCUT2D eigenvalue weighted by Crippen LogP contribution is -2.40. The average Bonchev–Trinajstić information content (AvgIpc) is 2.53. The molecule has 1 unspecified atom stereocenters. The van der Waals surface area contributed by atoms with Crippen molar-refractivity contribution in [1.82, 2.24) is 0 Å². The highest BCUT2D eigenvalue weighted by atomic mass is 32.2. The maximum absolute atomic E-state index is 12.2. The zero-order valence-corrected chi connectivity index (χ0v) is 14.8. The van der Waals surface area contributed by atoms with Crippen molar-refractivity contribution in [3.8, 4) is 0 Å². The summed E-state index contributed by atoms with van der Waals surface area (Å²) in [6.07, 6.45) is 0.973. The van der Waals surface area contributed by atoms with Crippen LogP contribution in [-0.2, 0) is 14.4 Å². The van der Waals surface area contributed by atoms with Crippen molar-refractivity contribution in [3.63, 3.8) is 0 Å². The minimum absolute atomic E-state index is 0.0638. The Morgan fingerprint density at radius 1 is 1.17 bits per heavy atom. The molecule has 0 heterocycles. The zero-order chi connectivity index (χ0) is 17.0. The van der Waals surface area contributed by atoms with Gasteiger partial charge in [0.2, 0.25) is 0 Å². The Hall–Kier alpha value is -1.42. The van der Waals surface area contributed by atoms with Crippen molar-refractivity contribution in [3.05, 3.63) is 29.8 Å². The minimum Gasteiger partial charge on any atom is -0.298 e. The smallest absolute Gasteiger partial charge is 0.151 e. The van der Waals surface area contributed by atoms with Crippen LogP contribution in [0.3, 0.4) is 0 Å². The van der Waals surface area contributed by atoms with E-state index in [2.05, 4.69) is 38.1 Å². The van der Waals surface area contributed by atoms with Crippen LogP contribution in [-0.4, -0.2) is 23.1 Å². The van der Waals surface area contributed by atoms with E-state index in [1.807, 2.05) is 0 Å². The predicted octanol–water partition coefficient (Wildman–Crippen LogP) is 3.87. The number of aryl methyl sites for hydroxylation is 1. The first kappa shape index (κ1) is 17.9. The highest BCUT2D eigenvalue weighted by Crippen LogP contribution is 2.33. The summed E-state index contributed by atoms with van der Waals surface area (Å²) in [4.78, 5) is 37.3. The molecule has 1 aliphatic rings. The van der Waals surface area contributed by atoms with E-state index in [0.717, 1.165) is 5.75 Å². The van der Waals surface area contributed by atoms with E-state index in [9.17, 15) is 14.4 Å². The first-order valence-corrected chi connectivity index (χ1v) is 9.18. The Balaban J connectivity index is 1.92. The quantitative estimate of drug-likeness (QED) is 0.586. The normalized spacial score (nSPS) is 22.9. The highest BCUT2D eigenvalue weighted by molar-refractivity contribution is 7.99. The Kier molecular flexibility index (Phi) is 6.17. The van der Waals surface area contributed by atoms with Gasteiger partial charge in [-0.2, -0.15) is 0 Å². The predicted molar refractivity (Wildman–Crippen MR) is 92.6 cm³/mol. The van der Waals surface area contributed by atoms with Crippen LogP contribution in [0.1, 0.15) is 38.7 Å². The average molecular weight is 332 g/mol. The largest absolute Gasteiger partial charge is 0.298 e. The summed E-state index contributed by atoms with van der Waals surface area (Å²) in [5.41, 5.74) is 1.23. The summed E-state index contributed by atoms with van der Waals surface area (Å²) in [6.45, 7) is 5.86. The molecule has 0 saturated heterocycles. The minimum atomic E-state index is -0.979. The number of carbonyl (C=O) groups excluding carboxylic acids is 3. The molecule has 2 rings (SSSR count). The molecule has 3 nitrogen and oxygen atoms in total. The molecule has 0 aliphatic heterocycles. The van der Waals surface area contributed by atoms with E-state index in [-0.39, 0.29) is 35.6 Å². The second-order valence-electron chi connectivity index (χ2n) is 6.46. The van der Waals surface area contributed by atoms with E-state index < -0.39 is 5.92 Å². The van der Waals surface area contributed by atoms with Gasteiger partial charge in [0.1, 0.15) is 5.92 Å². The summed E-state index contributed by atoms with van der Waals surface area (Å²) in [7, 11) is 0. The summed E-state index contributed by atoms with van der Waals surface area (Å²) in [5.74, 6) is -0.342. The van der Waals surface area contributed by atoms with Crippen LogP contribution in [0.15, 0.2) is 29.2 Å². The van der Waals surface area contributed by atoms with Gasteiger partial charge in [0.25, 0.3) is 0 Å². The van der Waals surface area contributed by atoms with Crippen molar-refractivity contribution in [2.24, 2.45) is 17.8 Å². The Morgan fingerprint density at radius 2 is 1.74 bits per heavy atom. The third-order valence-electron chi connectivity index (χ3n) is 4.58. The zero-order valence-electron chi connectivity index (χ0n) is 14.0. The van der Waals surface area contributed by atoms with Crippen molar-refractivity contribution < 1.29 is 14.4 Å². The van der Waals surface area contributed by atoms with Gasteiger partial charge in [0.05, 0.1) is 0 Å². The van der Waals surface area contributed by atoms with Crippen molar-refractivity contribution in [2.45, 2.75) is 44.9 Å². The number of hydrogen-bond acceptors (Lipinski definition) is 4. The molecule has 0 aromatic heterocycles. The van der Waals surface area contributed by atoms with E-state index in [1.165, 1.54) is 10.5 Å². The van der Waals surface area contributed by atoms with E-state index in [0.29, 0.717) is 12.8 Å². The van der Waals surface area contributed by atoms with Crippen LogP contribution >= 0.6 is 11.8 Å². The first-order valence-electron chi connectivity index (χ1n) is 8.20. The maximum atomic E-state index is 12.2. The fraction of sp³-hybridized carbons (Fsp3) is 0.526. The molecular weight excluding hydrogens is 308 g/mol. The van der Waals surface area contributed by atoms with Gasteiger partial charge in [0.15, 0.2) is 17.3 Å². The van der Waals surface area contributed by atoms with Crippen LogP contribution in [0.25, 0.3) is 0 Å². The van der Waals surface area contributed by atoms with Crippen molar-refractivity contribution in [2.75, 3.05) is 5.75 Å². The summed E-state index contributed by atoms with van der Waals surface area (Å²) < 4.78 is 0. The Labute approximate surface area is 142 Å². The third kappa shape index (κ3) is 4.54. The first-order chi connectivity index (χ1) is 10.9. The van der Waals surface area contributed by atoms with Crippen LogP contribution in [0, 0.1) is 24.7 Å². The molecule has 23 heavy (non-hydrogen) atoms. The molecule has 0 radical (unpaired) electrons. The molecule has 124 valence electrons. The van der Waals surface area contributed by atoms with Gasteiger partial charge in [-0.05, 0) is 30.9 Å². The molecule has 1 aromatic rings. The Morgan fingerprint density at radius 3 is 2.26 bits per heavy atom. The number of thioether (sulfide) groups is 1. The molecular formula is C19H24O3S. The van der Waals surface area contributed by atoms with Crippen molar-refractivity contribution >= 4 is 29.1 Å². The number of carbonyl (C=O) groups is 3. The molecule has 1 aromatic carbocycles. The monoisotopic (exact) mass is 332 g/mol. The molecule has 1 aliphatic carbocycles. The Bertz CT molecular complexity index is 573. The molecule has 1 fully saturated rings. The lowest BCUT2D eigenvalue weighted by molar-refractivity contribution is -0.143. The van der Waals surface area contributed by atoms with Gasteiger partial charge in [-0.25, -0.2) is 0 Å². The molecule has 0 N–H and O–H groups in total. The SMILES string of the molecule is CCC(=O)C1C(=O)CC(C(C)CSc2ccc(C)cc2)CC1=O. The molecule has 1 atom stereocenters. The molecule has 1 saturated carbocycles. The number of Topliss-reactive ketones (excluding diaryl/α,β-unsaturated/α-hetero) is 3. The highest BCUT2D eigenvalue weighted by Gasteiger charge is 2.40. The number of benzene rings is 1. The second-order valence-corrected chi connectivity index (χ2v) is 7.55. The summed E-state index contributed by atoms with van der Waals surface area (Å²) >= 11 is 1.76. The molecule has 0 bridgehead atoms. The third-order valence-corrected chi connectivity index (χ3v) is 5.88. The standard InChI is InChI=1S/C19H24O3S/c1-4-16(20)19-17(21)9-14(10-18(19)22)13(3)11-23-15-7-5-12(2)6-8-15/h5-8,13-14,19H,4,9-11H2,1-3H3. The van der Waals surface area contributed by atoms with Gasteiger partial charge in [-0.15, -0.1) is 11.8 Å². The molecule has 0 amide bonds. The van der Waals surface area contributed by atoms with Crippen molar-refractivity contribution in [1.29, 1.82) is 0 Å². The lowest BCUT2D eigenvalue weighted by Gasteiger charge is -2.29. The van der Waals surface area contributed by atoms with Crippen LogP contribution < -0.4 is 0 Å². The topological polar surface area (TPSA) is 51.2 Å². The van der Waals surface area contributed by atoms with Gasteiger partial charge in [-0.1, -0.05) is 31.5 Å². The van der Waals surface area contributed by atoms with E-state index >= 15 is 0 Å².